The minimum atomic E-state index is 0.0133. The van der Waals surface area contributed by atoms with Gasteiger partial charge in [-0.15, -0.1) is 0 Å². The van der Waals surface area contributed by atoms with Crippen LogP contribution in [0, 0.1) is 5.92 Å². The second-order valence-corrected chi connectivity index (χ2v) is 7.93. The van der Waals surface area contributed by atoms with Crippen LogP contribution in [0.5, 0.6) is 0 Å². The van der Waals surface area contributed by atoms with Crippen molar-refractivity contribution in [2.24, 2.45) is 5.92 Å². The number of hydrogen-bond donors (Lipinski definition) is 0. The molecule has 0 bridgehead atoms. The first-order valence-corrected chi connectivity index (χ1v) is 10.6. The molecule has 0 aromatic carbocycles. The highest BCUT2D eigenvalue weighted by atomic mass is 16.5. The second kappa shape index (κ2) is 8.90. The van der Waals surface area contributed by atoms with E-state index in [1.54, 1.807) is 6.20 Å². The van der Waals surface area contributed by atoms with Gasteiger partial charge in [0.15, 0.2) is 0 Å². The maximum atomic E-state index is 13.2. The van der Waals surface area contributed by atoms with E-state index in [9.17, 15) is 9.59 Å². The summed E-state index contributed by atoms with van der Waals surface area (Å²) in [7, 11) is 0. The molecule has 0 unspecified atom stereocenters. The molecular formula is C21H30N4O3. The van der Waals surface area contributed by atoms with E-state index in [4.69, 9.17) is 4.74 Å². The fraction of sp³-hybridized carbons (Fsp3) is 0.667. The lowest BCUT2D eigenvalue weighted by Gasteiger charge is -2.37. The number of pyridine rings is 1. The van der Waals surface area contributed by atoms with Crippen molar-refractivity contribution in [1.29, 1.82) is 0 Å². The third-order valence-electron chi connectivity index (χ3n) is 6.16. The van der Waals surface area contributed by atoms with Gasteiger partial charge in [-0.3, -0.25) is 9.59 Å². The van der Waals surface area contributed by atoms with Crippen LogP contribution in [0.15, 0.2) is 18.3 Å². The standard InChI is InChI=1S/C21H30N4O3/c26-20(17-5-2-1-3-6-17)24-9-11-25(12-10-24)21(27)18-7-4-8-22-19(18)23-13-15-28-16-14-23/h4,7-8,17H,1-3,5-6,9-16H2. The summed E-state index contributed by atoms with van der Waals surface area (Å²) < 4.78 is 5.42. The van der Waals surface area contributed by atoms with Gasteiger partial charge >= 0.3 is 0 Å². The number of hydrogen-bond acceptors (Lipinski definition) is 5. The number of anilines is 1. The molecule has 1 aromatic rings. The van der Waals surface area contributed by atoms with Crippen molar-refractivity contribution in [2.45, 2.75) is 32.1 Å². The van der Waals surface area contributed by atoms with Crippen LogP contribution in [0.4, 0.5) is 5.82 Å². The summed E-state index contributed by atoms with van der Waals surface area (Å²) >= 11 is 0. The summed E-state index contributed by atoms with van der Waals surface area (Å²) in [5.74, 6) is 1.25. The Morgan fingerprint density at radius 2 is 1.61 bits per heavy atom. The molecule has 3 fully saturated rings. The van der Waals surface area contributed by atoms with Crippen molar-refractivity contribution >= 4 is 17.6 Å². The zero-order chi connectivity index (χ0) is 19.3. The number of ether oxygens (including phenoxy) is 1. The smallest absolute Gasteiger partial charge is 0.257 e. The number of nitrogens with zero attached hydrogens (tertiary/aromatic N) is 4. The molecule has 28 heavy (non-hydrogen) atoms. The van der Waals surface area contributed by atoms with Crippen LogP contribution in [-0.4, -0.2) is 79.1 Å². The van der Waals surface area contributed by atoms with Crippen molar-refractivity contribution in [3.05, 3.63) is 23.9 Å². The molecule has 152 valence electrons. The van der Waals surface area contributed by atoms with E-state index in [1.165, 1.54) is 19.3 Å². The fourth-order valence-electron chi connectivity index (χ4n) is 4.50. The molecule has 0 spiro atoms. The Morgan fingerprint density at radius 1 is 0.929 bits per heavy atom. The number of piperazine rings is 1. The number of morpholine rings is 1. The monoisotopic (exact) mass is 386 g/mol. The number of carbonyl (C=O) groups is 2. The summed E-state index contributed by atoms with van der Waals surface area (Å²) in [6, 6.07) is 3.68. The van der Waals surface area contributed by atoms with Crippen molar-refractivity contribution < 1.29 is 14.3 Å². The van der Waals surface area contributed by atoms with Crippen LogP contribution in [-0.2, 0) is 9.53 Å². The summed E-state index contributed by atoms with van der Waals surface area (Å²) in [6.07, 6.45) is 7.37. The van der Waals surface area contributed by atoms with Crippen molar-refractivity contribution in [1.82, 2.24) is 14.8 Å². The van der Waals surface area contributed by atoms with E-state index >= 15 is 0 Å². The maximum Gasteiger partial charge on any atom is 0.257 e. The zero-order valence-corrected chi connectivity index (χ0v) is 16.5. The highest BCUT2D eigenvalue weighted by Gasteiger charge is 2.31. The Hall–Kier alpha value is -2.15. The Bertz CT molecular complexity index is 691. The summed E-state index contributed by atoms with van der Waals surface area (Å²) in [6.45, 7) is 5.27. The molecule has 1 aromatic heterocycles. The number of amides is 2. The molecule has 7 heteroatoms. The molecule has 0 N–H and O–H groups in total. The van der Waals surface area contributed by atoms with Crippen LogP contribution >= 0.6 is 0 Å². The number of aromatic nitrogens is 1. The average Bonchev–Trinajstić information content (AvgIpc) is 2.79. The predicted molar refractivity (Wildman–Crippen MR) is 106 cm³/mol. The molecular weight excluding hydrogens is 356 g/mol. The molecule has 2 amide bonds. The average molecular weight is 386 g/mol. The van der Waals surface area contributed by atoms with Gasteiger partial charge in [-0.25, -0.2) is 4.98 Å². The van der Waals surface area contributed by atoms with E-state index in [-0.39, 0.29) is 11.8 Å². The van der Waals surface area contributed by atoms with Crippen molar-refractivity contribution in [3.8, 4) is 0 Å². The number of carbonyl (C=O) groups excluding carboxylic acids is 2. The Balaban J connectivity index is 1.38. The third kappa shape index (κ3) is 4.14. The van der Waals surface area contributed by atoms with E-state index in [1.807, 2.05) is 21.9 Å². The van der Waals surface area contributed by atoms with Gasteiger partial charge in [-0.1, -0.05) is 19.3 Å². The second-order valence-electron chi connectivity index (χ2n) is 7.93. The lowest BCUT2D eigenvalue weighted by Crippen LogP contribution is -2.52. The van der Waals surface area contributed by atoms with Gasteiger partial charge < -0.3 is 19.4 Å². The fourth-order valence-corrected chi connectivity index (χ4v) is 4.50. The highest BCUT2D eigenvalue weighted by molar-refractivity contribution is 5.99. The van der Waals surface area contributed by atoms with Gasteiger partial charge in [0.05, 0.1) is 18.8 Å². The third-order valence-corrected chi connectivity index (χ3v) is 6.16. The molecule has 0 radical (unpaired) electrons. The SMILES string of the molecule is O=C(c1cccnc1N1CCOCC1)N1CCN(C(=O)C2CCCCC2)CC1. The summed E-state index contributed by atoms with van der Waals surface area (Å²) in [5.41, 5.74) is 0.649. The molecule has 1 aliphatic carbocycles. The number of rotatable bonds is 3. The Kier molecular flexibility index (Phi) is 6.10. The van der Waals surface area contributed by atoms with Gasteiger partial charge in [0.1, 0.15) is 5.82 Å². The quantitative estimate of drug-likeness (QED) is 0.792. The van der Waals surface area contributed by atoms with E-state index in [2.05, 4.69) is 9.88 Å². The molecule has 7 nitrogen and oxygen atoms in total. The van der Waals surface area contributed by atoms with E-state index in [0.717, 1.165) is 31.7 Å². The topological polar surface area (TPSA) is 66.0 Å². The lowest BCUT2D eigenvalue weighted by atomic mass is 9.88. The van der Waals surface area contributed by atoms with Gasteiger partial charge in [-0.05, 0) is 25.0 Å². The van der Waals surface area contributed by atoms with Gasteiger partial charge in [0.25, 0.3) is 5.91 Å². The van der Waals surface area contributed by atoms with Crippen LogP contribution in [0.2, 0.25) is 0 Å². The lowest BCUT2D eigenvalue weighted by molar-refractivity contribution is -0.138. The van der Waals surface area contributed by atoms with Crippen molar-refractivity contribution in [2.75, 3.05) is 57.4 Å². The van der Waals surface area contributed by atoms with Crippen LogP contribution in [0.25, 0.3) is 0 Å². The molecule has 2 aliphatic heterocycles. The first kappa shape index (κ1) is 19.2. The van der Waals surface area contributed by atoms with Crippen LogP contribution < -0.4 is 4.90 Å². The molecule has 0 atom stereocenters. The normalized spacial score (nSPS) is 21.6. The molecule has 1 saturated carbocycles. The van der Waals surface area contributed by atoms with Crippen LogP contribution in [0.3, 0.4) is 0 Å². The molecule has 3 aliphatic rings. The van der Waals surface area contributed by atoms with Gasteiger partial charge in [-0.2, -0.15) is 0 Å². The first-order chi connectivity index (χ1) is 13.7. The van der Waals surface area contributed by atoms with E-state index < -0.39 is 0 Å². The van der Waals surface area contributed by atoms with Crippen molar-refractivity contribution in [3.63, 3.8) is 0 Å². The molecule has 4 rings (SSSR count). The first-order valence-electron chi connectivity index (χ1n) is 10.6. The summed E-state index contributed by atoms with van der Waals surface area (Å²) in [5, 5.41) is 0. The van der Waals surface area contributed by atoms with Crippen LogP contribution in [0.1, 0.15) is 42.5 Å². The highest BCUT2D eigenvalue weighted by Crippen LogP contribution is 2.26. The van der Waals surface area contributed by atoms with Gasteiger partial charge in [0, 0.05) is 51.4 Å². The largest absolute Gasteiger partial charge is 0.378 e. The zero-order valence-electron chi connectivity index (χ0n) is 16.5. The molecule has 2 saturated heterocycles. The summed E-state index contributed by atoms with van der Waals surface area (Å²) in [4.78, 5) is 36.4. The molecule has 3 heterocycles. The Morgan fingerprint density at radius 3 is 2.32 bits per heavy atom. The predicted octanol–water partition coefficient (Wildman–Crippen LogP) is 1.78. The minimum absolute atomic E-state index is 0.0133. The maximum absolute atomic E-state index is 13.2. The van der Waals surface area contributed by atoms with Gasteiger partial charge in [0.2, 0.25) is 5.91 Å². The minimum Gasteiger partial charge on any atom is -0.378 e. The Labute approximate surface area is 166 Å². The van der Waals surface area contributed by atoms with E-state index in [0.29, 0.717) is 50.9 Å².